The number of hydrogen-bond donors (Lipinski definition) is 1. The Balaban J connectivity index is 0.00000225. The number of nitrogens with two attached hydrogens (primary N) is 1. The lowest BCUT2D eigenvalue weighted by Gasteiger charge is -2.18. The van der Waals surface area contributed by atoms with Crippen molar-refractivity contribution in [1.82, 2.24) is 4.90 Å². The first-order valence-electron chi connectivity index (χ1n) is 9.33. The van der Waals surface area contributed by atoms with Crippen LogP contribution < -0.4 is 10.5 Å². The van der Waals surface area contributed by atoms with E-state index in [1.807, 2.05) is 59.5 Å². The minimum atomic E-state index is 0. The van der Waals surface area contributed by atoms with Crippen molar-refractivity contribution < 1.29 is 9.53 Å². The zero-order valence-corrected chi connectivity index (χ0v) is 16.7. The van der Waals surface area contributed by atoms with E-state index in [9.17, 15) is 4.79 Å². The zero-order chi connectivity index (χ0) is 18.8. The van der Waals surface area contributed by atoms with Gasteiger partial charge < -0.3 is 15.4 Å². The van der Waals surface area contributed by atoms with Gasteiger partial charge in [-0.1, -0.05) is 54.6 Å². The Morgan fingerprint density at radius 2 is 1.68 bits per heavy atom. The Labute approximate surface area is 171 Å². The predicted molar refractivity (Wildman–Crippen MR) is 115 cm³/mol. The summed E-state index contributed by atoms with van der Waals surface area (Å²) < 4.78 is 5.46. The molecule has 5 heteroatoms. The maximum atomic E-state index is 13.3. The van der Waals surface area contributed by atoms with Crippen LogP contribution in [0, 0.1) is 5.92 Å². The maximum absolute atomic E-state index is 13.3. The summed E-state index contributed by atoms with van der Waals surface area (Å²) in [5.74, 6) is 1.40. The minimum Gasteiger partial charge on any atom is -0.496 e. The second-order valence-corrected chi connectivity index (χ2v) is 7.08. The largest absolute Gasteiger partial charge is 0.496 e. The molecule has 146 valence electrons. The molecule has 0 bridgehead atoms. The van der Waals surface area contributed by atoms with E-state index in [1.165, 1.54) is 5.56 Å². The molecule has 1 amide bonds. The smallest absolute Gasteiger partial charge is 0.254 e. The first-order valence-corrected chi connectivity index (χ1v) is 9.33. The van der Waals surface area contributed by atoms with Crippen LogP contribution in [0.2, 0.25) is 0 Å². The number of carbonyl (C=O) groups excluding carboxylic acids is 1. The molecule has 3 aromatic carbocycles. The second-order valence-electron chi connectivity index (χ2n) is 7.08. The molecule has 0 spiro atoms. The third-order valence-electron chi connectivity index (χ3n) is 5.59. The molecule has 1 aliphatic heterocycles. The van der Waals surface area contributed by atoms with Gasteiger partial charge >= 0.3 is 0 Å². The fraction of sp³-hybridized carbons (Fsp3) is 0.261. The molecule has 1 fully saturated rings. The van der Waals surface area contributed by atoms with Crippen LogP contribution in [0.1, 0.15) is 21.8 Å². The van der Waals surface area contributed by atoms with Crippen LogP contribution in [0.25, 0.3) is 10.8 Å². The van der Waals surface area contributed by atoms with Gasteiger partial charge in [0.05, 0.1) is 7.11 Å². The van der Waals surface area contributed by atoms with Crippen molar-refractivity contribution in [2.45, 2.75) is 5.92 Å². The number of methoxy groups -OCH3 is 1. The van der Waals surface area contributed by atoms with Crippen LogP contribution in [0.4, 0.5) is 0 Å². The molecule has 0 saturated carbocycles. The van der Waals surface area contributed by atoms with E-state index in [0.717, 1.165) is 22.1 Å². The first kappa shape index (κ1) is 20.2. The normalized spacial score (nSPS) is 18.7. The number of amides is 1. The number of likely N-dealkylation sites (tertiary alicyclic amines) is 1. The van der Waals surface area contributed by atoms with Crippen LogP contribution in [-0.2, 0) is 0 Å². The van der Waals surface area contributed by atoms with Crippen molar-refractivity contribution in [2.75, 3.05) is 26.7 Å². The number of nitrogens with zero attached hydrogens (tertiary/aromatic N) is 1. The van der Waals surface area contributed by atoms with Gasteiger partial charge in [-0.3, -0.25) is 4.79 Å². The number of fused-ring (bicyclic) bond motifs is 1. The lowest BCUT2D eigenvalue weighted by atomic mass is 9.89. The molecular weight excluding hydrogens is 372 g/mol. The highest BCUT2D eigenvalue weighted by Crippen LogP contribution is 2.35. The van der Waals surface area contributed by atoms with Crippen LogP contribution in [0.5, 0.6) is 5.75 Å². The number of rotatable bonds is 4. The lowest BCUT2D eigenvalue weighted by Crippen LogP contribution is -2.30. The number of hydrogen-bond acceptors (Lipinski definition) is 3. The first-order chi connectivity index (χ1) is 13.2. The lowest BCUT2D eigenvalue weighted by molar-refractivity contribution is 0.0788. The summed E-state index contributed by atoms with van der Waals surface area (Å²) >= 11 is 0. The molecule has 1 aliphatic rings. The summed E-state index contributed by atoms with van der Waals surface area (Å²) in [6, 6.07) is 22.0. The summed E-state index contributed by atoms with van der Waals surface area (Å²) in [6.07, 6.45) is 0. The van der Waals surface area contributed by atoms with Gasteiger partial charge in [-0.25, -0.2) is 0 Å². The number of ether oxygens (including phenoxy) is 1. The van der Waals surface area contributed by atoms with Crippen molar-refractivity contribution in [2.24, 2.45) is 11.7 Å². The molecule has 28 heavy (non-hydrogen) atoms. The summed E-state index contributed by atoms with van der Waals surface area (Å²) in [5, 5.41) is 1.88. The standard InChI is InChI=1S/C23H24N2O2.ClH/c1-27-22-12-11-20(18-9-5-6-10-19(18)22)23(26)25-14-17(13-24)21(15-25)16-7-3-2-4-8-16;/h2-12,17,21H,13-15,24H2,1H3;1H/t17-,21+;/m1./s1. The van der Waals surface area contributed by atoms with E-state index in [1.54, 1.807) is 7.11 Å². The van der Waals surface area contributed by atoms with Gasteiger partial charge in [0.25, 0.3) is 5.91 Å². The van der Waals surface area contributed by atoms with Crippen molar-refractivity contribution >= 4 is 29.1 Å². The van der Waals surface area contributed by atoms with Crippen molar-refractivity contribution in [1.29, 1.82) is 0 Å². The second kappa shape index (κ2) is 8.63. The molecule has 4 nitrogen and oxygen atoms in total. The molecule has 3 aromatic rings. The summed E-state index contributed by atoms with van der Waals surface area (Å²) in [5.41, 5.74) is 8.01. The van der Waals surface area contributed by atoms with E-state index in [-0.39, 0.29) is 30.2 Å². The Morgan fingerprint density at radius 1 is 1.00 bits per heavy atom. The summed E-state index contributed by atoms with van der Waals surface area (Å²) in [7, 11) is 1.65. The molecule has 0 aromatic heterocycles. The Morgan fingerprint density at radius 3 is 2.36 bits per heavy atom. The zero-order valence-electron chi connectivity index (χ0n) is 15.9. The van der Waals surface area contributed by atoms with Crippen LogP contribution in [-0.4, -0.2) is 37.6 Å². The minimum absolute atomic E-state index is 0. The number of halogens is 1. The molecule has 0 unspecified atom stereocenters. The van der Waals surface area contributed by atoms with Gasteiger partial charge in [-0.15, -0.1) is 12.4 Å². The SMILES string of the molecule is COc1ccc(C(=O)N2C[C@@H](CN)[C@H](c3ccccc3)C2)c2ccccc12.Cl. The van der Waals surface area contributed by atoms with Crippen LogP contribution in [0.15, 0.2) is 66.7 Å². The highest BCUT2D eigenvalue weighted by atomic mass is 35.5. The maximum Gasteiger partial charge on any atom is 0.254 e. The Bertz CT molecular complexity index is 961. The number of carbonyl (C=O) groups is 1. The quantitative estimate of drug-likeness (QED) is 0.722. The molecular formula is C23H25ClN2O2. The summed E-state index contributed by atoms with van der Waals surface area (Å²) in [6.45, 7) is 1.97. The molecule has 4 rings (SSSR count). The molecule has 1 heterocycles. The van der Waals surface area contributed by atoms with Crippen molar-refractivity contribution in [3.63, 3.8) is 0 Å². The van der Waals surface area contributed by atoms with E-state index in [4.69, 9.17) is 10.5 Å². The molecule has 1 saturated heterocycles. The molecule has 2 atom stereocenters. The molecule has 0 radical (unpaired) electrons. The highest BCUT2D eigenvalue weighted by Gasteiger charge is 2.36. The average molecular weight is 397 g/mol. The van der Waals surface area contributed by atoms with E-state index in [2.05, 4.69) is 12.1 Å². The van der Waals surface area contributed by atoms with Crippen molar-refractivity contribution in [3.8, 4) is 5.75 Å². The third-order valence-corrected chi connectivity index (χ3v) is 5.59. The monoisotopic (exact) mass is 396 g/mol. The fourth-order valence-corrected chi connectivity index (χ4v) is 4.16. The Hall–Kier alpha value is -2.56. The molecule has 0 aliphatic carbocycles. The average Bonchev–Trinajstić information content (AvgIpc) is 3.17. The van der Waals surface area contributed by atoms with Crippen molar-refractivity contribution in [3.05, 3.63) is 77.9 Å². The van der Waals surface area contributed by atoms with E-state index >= 15 is 0 Å². The van der Waals surface area contributed by atoms with E-state index in [0.29, 0.717) is 19.6 Å². The van der Waals surface area contributed by atoms with Gasteiger partial charge in [0.15, 0.2) is 0 Å². The van der Waals surface area contributed by atoms with Crippen LogP contribution >= 0.6 is 12.4 Å². The fourth-order valence-electron chi connectivity index (χ4n) is 4.16. The molecule has 2 N–H and O–H groups in total. The van der Waals surface area contributed by atoms with Gasteiger partial charge in [-0.2, -0.15) is 0 Å². The third kappa shape index (κ3) is 3.58. The van der Waals surface area contributed by atoms with Gasteiger partial charge in [-0.05, 0) is 35.5 Å². The highest BCUT2D eigenvalue weighted by molar-refractivity contribution is 6.08. The number of benzene rings is 3. The van der Waals surface area contributed by atoms with E-state index < -0.39 is 0 Å². The Kier molecular flexibility index (Phi) is 6.22. The predicted octanol–water partition coefficient (Wildman–Crippen LogP) is 4.08. The van der Waals surface area contributed by atoms with Crippen LogP contribution in [0.3, 0.4) is 0 Å². The van der Waals surface area contributed by atoms with Gasteiger partial charge in [0, 0.05) is 30.0 Å². The van der Waals surface area contributed by atoms with Gasteiger partial charge in [0.2, 0.25) is 0 Å². The topological polar surface area (TPSA) is 55.6 Å². The summed E-state index contributed by atoms with van der Waals surface area (Å²) in [4.78, 5) is 15.3. The van der Waals surface area contributed by atoms with Gasteiger partial charge in [0.1, 0.15) is 5.75 Å².